The number of hydrogen-bond donors (Lipinski definition) is 2. The van der Waals surface area contributed by atoms with Gasteiger partial charge in [-0.1, -0.05) is 6.42 Å². The molecule has 2 aliphatic rings. The quantitative estimate of drug-likeness (QED) is 0.787. The van der Waals surface area contributed by atoms with Gasteiger partial charge in [0.1, 0.15) is 0 Å². The molecular weight excluding hydrogens is 225 g/mol. The molecule has 1 saturated heterocycles. The van der Waals surface area contributed by atoms with Crippen LogP contribution in [0.2, 0.25) is 0 Å². The van der Waals surface area contributed by atoms with E-state index in [2.05, 4.69) is 5.32 Å². The van der Waals surface area contributed by atoms with Gasteiger partial charge in [-0.15, -0.1) is 0 Å². The highest BCUT2D eigenvalue weighted by Gasteiger charge is 2.30. The molecule has 1 aromatic rings. The second-order valence-electron chi connectivity index (χ2n) is 4.36. The highest BCUT2D eigenvalue weighted by molar-refractivity contribution is 5.55. The van der Waals surface area contributed by atoms with E-state index in [4.69, 9.17) is 9.47 Å². The number of hydrogen-bond acceptors (Lipinski definition) is 4. The fourth-order valence-electron chi connectivity index (χ4n) is 2.44. The standard InChI is InChI=1S/C12H14FNO3/c13-11-8(15)5-9-12(17-6-16-9)10(11)7-3-1-2-4-14-7/h5,7,14-15H,1-4,6H2. The van der Waals surface area contributed by atoms with E-state index < -0.39 is 5.82 Å². The Morgan fingerprint density at radius 2 is 2.24 bits per heavy atom. The molecule has 17 heavy (non-hydrogen) atoms. The molecule has 2 N–H and O–H groups in total. The van der Waals surface area contributed by atoms with Gasteiger partial charge in [0, 0.05) is 12.1 Å². The smallest absolute Gasteiger partial charge is 0.231 e. The molecule has 92 valence electrons. The van der Waals surface area contributed by atoms with Crippen LogP contribution in [0.25, 0.3) is 0 Å². The van der Waals surface area contributed by atoms with Crippen molar-refractivity contribution in [3.8, 4) is 17.2 Å². The molecule has 2 heterocycles. The molecule has 2 aliphatic heterocycles. The third kappa shape index (κ3) is 1.70. The van der Waals surface area contributed by atoms with Crippen LogP contribution in [-0.2, 0) is 0 Å². The summed E-state index contributed by atoms with van der Waals surface area (Å²) in [5.41, 5.74) is 0.400. The number of phenolic OH excluding ortho intramolecular Hbond substituents is 1. The summed E-state index contributed by atoms with van der Waals surface area (Å²) in [4.78, 5) is 0. The number of fused-ring (bicyclic) bond motifs is 1. The van der Waals surface area contributed by atoms with Crippen molar-refractivity contribution in [2.75, 3.05) is 13.3 Å². The van der Waals surface area contributed by atoms with Crippen molar-refractivity contribution in [3.05, 3.63) is 17.4 Å². The first-order valence-electron chi connectivity index (χ1n) is 5.81. The van der Waals surface area contributed by atoms with E-state index in [0.717, 1.165) is 25.8 Å². The SMILES string of the molecule is Oc1cc2c(c(C3CCCCN3)c1F)OCO2. The first-order valence-corrected chi connectivity index (χ1v) is 5.81. The predicted molar refractivity (Wildman–Crippen MR) is 58.8 cm³/mol. The van der Waals surface area contributed by atoms with Gasteiger partial charge in [-0.25, -0.2) is 4.39 Å². The third-order valence-electron chi connectivity index (χ3n) is 3.27. The van der Waals surface area contributed by atoms with Gasteiger partial charge < -0.3 is 19.9 Å². The lowest BCUT2D eigenvalue weighted by atomic mass is 9.95. The van der Waals surface area contributed by atoms with Gasteiger partial charge in [-0.2, -0.15) is 0 Å². The van der Waals surface area contributed by atoms with Gasteiger partial charge in [-0.3, -0.25) is 0 Å². The van der Waals surface area contributed by atoms with Crippen LogP contribution in [0.15, 0.2) is 6.07 Å². The van der Waals surface area contributed by atoms with E-state index in [-0.39, 0.29) is 18.6 Å². The molecule has 1 atom stereocenters. The summed E-state index contributed by atoms with van der Waals surface area (Å²) in [5.74, 6) is -0.128. The van der Waals surface area contributed by atoms with E-state index in [1.165, 1.54) is 6.07 Å². The highest BCUT2D eigenvalue weighted by Crippen LogP contribution is 2.45. The van der Waals surface area contributed by atoms with Crippen molar-refractivity contribution in [3.63, 3.8) is 0 Å². The summed E-state index contributed by atoms with van der Waals surface area (Å²) in [6.45, 7) is 0.938. The second-order valence-corrected chi connectivity index (χ2v) is 4.36. The summed E-state index contributed by atoms with van der Waals surface area (Å²) < 4.78 is 24.5. The molecule has 1 unspecified atom stereocenters. The van der Waals surface area contributed by atoms with Gasteiger partial charge in [0.15, 0.2) is 23.1 Å². The van der Waals surface area contributed by atoms with Crippen molar-refractivity contribution < 1.29 is 19.0 Å². The van der Waals surface area contributed by atoms with Crippen LogP contribution < -0.4 is 14.8 Å². The normalized spacial score (nSPS) is 22.8. The third-order valence-corrected chi connectivity index (χ3v) is 3.27. The Labute approximate surface area is 98.3 Å². The van der Waals surface area contributed by atoms with Crippen molar-refractivity contribution in [2.24, 2.45) is 0 Å². The van der Waals surface area contributed by atoms with Crippen LogP contribution in [0.3, 0.4) is 0 Å². The van der Waals surface area contributed by atoms with Crippen LogP contribution in [0, 0.1) is 5.82 Å². The fraction of sp³-hybridized carbons (Fsp3) is 0.500. The van der Waals surface area contributed by atoms with E-state index in [0.29, 0.717) is 17.1 Å². The number of nitrogens with one attached hydrogen (secondary N) is 1. The number of aromatic hydroxyl groups is 1. The van der Waals surface area contributed by atoms with Crippen molar-refractivity contribution in [1.82, 2.24) is 5.32 Å². The molecule has 0 amide bonds. The minimum atomic E-state index is -0.603. The van der Waals surface area contributed by atoms with Gasteiger partial charge in [0.05, 0.1) is 5.56 Å². The maximum Gasteiger partial charge on any atom is 0.231 e. The van der Waals surface area contributed by atoms with E-state index in [1.54, 1.807) is 0 Å². The van der Waals surface area contributed by atoms with Gasteiger partial charge in [-0.05, 0) is 19.4 Å². The molecule has 0 aromatic heterocycles. The average molecular weight is 239 g/mol. The van der Waals surface area contributed by atoms with Gasteiger partial charge in [0.25, 0.3) is 0 Å². The van der Waals surface area contributed by atoms with Crippen molar-refractivity contribution in [1.29, 1.82) is 0 Å². The number of halogens is 1. The predicted octanol–water partition coefficient (Wildman–Crippen LogP) is 2.07. The Balaban J connectivity index is 2.07. The molecule has 4 nitrogen and oxygen atoms in total. The lowest BCUT2D eigenvalue weighted by Crippen LogP contribution is -2.27. The summed E-state index contributed by atoms with van der Waals surface area (Å²) in [6, 6.07) is 1.16. The molecule has 0 saturated carbocycles. The first-order chi connectivity index (χ1) is 8.27. The number of benzene rings is 1. The molecular formula is C12H14FNO3. The monoisotopic (exact) mass is 239 g/mol. The Hall–Kier alpha value is -1.49. The number of phenols is 1. The molecule has 1 aromatic carbocycles. The molecule has 0 aliphatic carbocycles. The topological polar surface area (TPSA) is 50.7 Å². The zero-order valence-electron chi connectivity index (χ0n) is 9.33. The van der Waals surface area contributed by atoms with Crippen LogP contribution in [0.5, 0.6) is 17.2 Å². The summed E-state index contributed by atoms with van der Waals surface area (Å²) in [7, 11) is 0. The number of ether oxygens (including phenoxy) is 2. The Bertz CT molecular complexity index is 444. The van der Waals surface area contributed by atoms with Crippen LogP contribution in [0.4, 0.5) is 4.39 Å². The molecule has 0 radical (unpaired) electrons. The largest absolute Gasteiger partial charge is 0.505 e. The molecule has 0 spiro atoms. The Morgan fingerprint density at radius 1 is 1.35 bits per heavy atom. The summed E-state index contributed by atoms with van der Waals surface area (Å²) >= 11 is 0. The Kier molecular flexibility index (Phi) is 2.55. The average Bonchev–Trinajstić information content (AvgIpc) is 2.79. The number of rotatable bonds is 1. The van der Waals surface area contributed by atoms with Crippen LogP contribution in [-0.4, -0.2) is 18.4 Å². The maximum atomic E-state index is 14.0. The van der Waals surface area contributed by atoms with Crippen LogP contribution >= 0.6 is 0 Å². The van der Waals surface area contributed by atoms with Gasteiger partial charge in [0.2, 0.25) is 6.79 Å². The molecule has 1 fully saturated rings. The van der Waals surface area contributed by atoms with Crippen molar-refractivity contribution in [2.45, 2.75) is 25.3 Å². The second kappa shape index (κ2) is 4.07. The molecule has 3 rings (SSSR count). The van der Waals surface area contributed by atoms with Gasteiger partial charge >= 0.3 is 0 Å². The minimum Gasteiger partial charge on any atom is -0.505 e. The molecule has 0 bridgehead atoms. The molecule has 5 heteroatoms. The summed E-state index contributed by atoms with van der Waals surface area (Å²) in [5, 5.41) is 12.8. The summed E-state index contributed by atoms with van der Waals surface area (Å²) in [6.07, 6.45) is 2.98. The Morgan fingerprint density at radius 3 is 3.00 bits per heavy atom. The number of piperidine rings is 1. The highest BCUT2D eigenvalue weighted by atomic mass is 19.1. The van der Waals surface area contributed by atoms with E-state index in [9.17, 15) is 9.50 Å². The fourth-order valence-corrected chi connectivity index (χ4v) is 2.44. The van der Waals surface area contributed by atoms with E-state index >= 15 is 0 Å². The van der Waals surface area contributed by atoms with Crippen molar-refractivity contribution >= 4 is 0 Å². The van der Waals surface area contributed by atoms with Crippen LogP contribution in [0.1, 0.15) is 30.9 Å². The zero-order valence-corrected chi connectivity index (χ0v) is 9.33. The maximum absolute atomic E-state index is 14.0. The lowest BCUT2D eigenvalue weighted by Gasteiger charge is -2.25. The lowest BCUT2D eigenvalue weighted by molar-refractivity contribution is 0.172. The zero-order chi connectivity index (χ0) is 11.8. The van der Waals surface area contributed by atoms with E-state index in [1.807, 2.05) is 0 Å². The first kappa shape index (κ1) is 10.7. The minimum absolute atomic E-state index is 0.0813.